The van der Waals surface area contributed by atoms with Crippen molar-refractivity contribution in [3.63, 3.8) is 0 Å². The van der Waals surface area contributed by atoms with Crippen LogP contribution in [0.3, 0.4) is 0 Å². The number of hydrogen-bond donors (Lipinski definition) is 0. The average Bonchev–Trinajstić information content (AvgIpc) is 2.15. The van der Waals surface area contributed by atoms with E-state index in [1.54, 1.807) is 0 Å². The maximum absolute atomic E-state index is 10.5. The van der Waals surface area contributed by atoms with Gasteiger partial charge in [0.1, 0.15) is 6.07 Å². The van der Waals surface area contributed by atoms with E-state index in [-0.39, 0.29) is 11.2 Å². The maximum Gasteiger partial charge on any atom is 0.363 e. The van der Waals surface area contributed by atoms with Gasteiger partial charge in [-0.15, -0.1) is 0 Å². The Morgan fingerprint density at radius 2 is 2.07 bits per heavy atom. The number of nitrogens with zero attached hydrogens (tertiary/aromatic N) is 3. The largest absolute Gasteiger partial charge is 0.363 e. The molecule has 0 aromatic carbocycles. The van der Waals surface area contributed by atoms with Crippen LogP contribution in [0.2, 0.25) is 0 Å². The molecule has 15 heavy (non-hydrogen) atoms. The first-order chi connectivity index (χ1) is 6.86. The lowest BCUT2D eigenvalue weighted by atomic mass is 9.88. The Labute approximate surface area is 87.5 Å². The lowest BCUT2D eigenvalue weighted by Crippen LogP contribution is -2.16. The highest BCUT2D eigenvalue weighted by Gasteiger charge is 2.26. The third-order valence-electron chi connectivity index (χ3n) is 1.90. The lowest BCUT2D eigenvalue weighted by Gasteiger charge is -2.14. The van der Waals surface area contributed by atoms with Gasteiger partial charge in [0.2, 0.25) is 0 Å². The minimum absolute atomic E-state index is 0.223. The summed E-state index contributed by atoms with van der Waals surface area (Å²) in [5, 5.41) is 19.4. The molecule has 0 N–H and O–H groups in total. The number of nitro groups is 1. The second kappa shape index (κ2) is 3.65. The van der Waals surface area contributed by atoms with Gasteiger partial charge in [0, 0.05) is 11.5 Å². The van der Waals surface area contributed by atoms with Gasteiger partial charge in [-0.05, 0) is 16.0 Å². The van der Waals surface area contributed by atoms with Gasteiger partial charge in [0.05, 0.1) is 5.56 Å². The van der Waals surface area contributed by atoms with Crippen LogP contribution < -0.4 is 0 Å². The summed E-state index contributed by atoms with van der Waals surface area (Å²) >= 11 is 0. The zero-order chi connectivity index (χ0) is 11.6. The van der Waals surface area contributed by atoms with E-state index < -0.39 is 4.92 Å². The lowest BCUT2D eigenvalue weighted by molar-refractivity contribution is -0.389. The highest BCUT2D eigenvalue weighted by atomic mass is 16.6. The van der Waals surface area contributed by atoms with Crippen LogP contribution in [0.15, 0.2) is 12.1 Å². The van der Waals surface area contributed by atoms with Crippen molar-refractivity contribution in [2.24, 2.45) is 0 Å². The normalized spacial score (nSPS) is 10.8. The van der Waals surface area contributed by atoms with E-state index >= 15 is 0 Å². The molecule has 1 aromatic heterocycles. The summed E-state index contributed by atoms with van der Waals surface area (Å²) < 4.78 is 0. The number of pyridine rings is 1. The third kappa shape index (κ3) is 2.29. The minimum Gasteiger partial charge on any atom is -0.358 e. The fraction of sp³-hybridized carbons (Fsp3) is 0.400. The fourth-order valence-corrected chi connectivity index (χ4v) is 1.21. The molecule has 78 valence electrons. The fourth-order valence-electron chi connectivity index (χ4n) is 1.21. The van der Waals surface area contributed by atoms with E-state index in [9.17, 15) is 10.1 Å². The van der Waals surface area contributed by atoms with Crippen molar-refractivity contribution in [2.45, 2.75) is 26.2 Å². The second-order valence-electron chi connectivity index (χ2n) is 4.18. The van der Waals surface area contributed by atoms with Crippen LogP contribution in [0.4, 0.5) is 5.82 Å². The molecule has 0 spiro atoms. The monoisotopic (exact) mass is 205 g/mol. The highest BCUT2D eigenvalue weighted by Crippen LogP contribution is 2.25. The second-order valence-corrected chi connectivity index (χ2v) is 4.18. The zero-order valence-corrected chi connectivity index (χ0v) is 8.81. The van der Waals surface area contributed by atoms with Crippen LogP contribution in [0.5, 0.6) is 0 Å². The Morgan fingerprint density at radius 3 is 2.47 bits per heavy atom. The summed E-state index contributed by atoms with van der Waals surface area (Å²) in [7, 11) is 0. The van der Waals surface area contributed by atoms with Crippen LogP contribution in [0.1, 0.15) is 32.0 Å². The number of hydrogen-bond acceptors (Lipinski definition) is 4. The molecular weight excluding hydrogens is 194 g/mol. The molecule has 0 aliphatic heterocycles. The smallest absolute Gasteiger partial charge is 0.358 e. The molecule has 0 atom stereocenters. The number of rotatable bonds is 1. The first-order valence-electron chi connectivity index (χ1n) is 4.42. The maximum atomic E-state index is 10.5. The standard InChI is InChI=1S/C10H11N3O2/c1-10(2,3)9-7(6-11)4-5-8(12-9)13(14)15/h4-5H,1-3H3. The number of nitriles is 1. The minimum atomic E-state index is -0.559. The van der Waals surface area contributed by atoms with E-state index in [0.29, 0.717) is 11.3 Å². The van der Waals surface area contributed by atoms with E-state index in [0.717, 1.165) is 0 Å². The predicted molar refractivity (Wildman–Crippen MR) is 54.3 cm³/mol. The summed E-state index contributed by atoms with van der Waals surface area (Å²) in [5.41, 5.74) is 0.462. The summed E-state index contributed by atoms with van der Waals surface area (Å²) in [6.45, 7) is 5.58. The summed E-state index contributed by atoms with van der Waals surface area (Å²) in [6, 6.07) is 4.66. The van der Waals surface area contributed by atoms with Crippen molar-refractivity contribution in [2.75, 3.05) is 0 Å². The molecule has 0 bridgehead atoms. The van der Waals surface area contributed by atoms with Crippen LogP contribution >= 0.6 is 0 Å². The van der Waals surface area contributed by atoms with Crippen LogP contribution in [0, 0.1) is 21.4 Å². The van der Waals surface area contributed by atoms with Crippen molar-refractivity contribution in [1.82, 2.24) is 4.98 Å². The van der Waals surface area contributed by atoms with Gasteiger partial charge in [0.25, 0.3) is 0 Å². The molecule has 0 radical (unpaired) electrons. The Morgan fingerprint density at radius 1 is 1.47 bits per heavy atom. The third-order valence-corrected chi connectivity index (χ3v) is 1.90. The highest BCUT2D eigenvalue weighted by molar-refractivity contribution is 5.40. The quantitative estimate of drug-likeness (QED) is 0.519. The molecule has 5 heteroatoms. The van der Waals surface area contributed by atoms with Crippen molar-refractivity contribution >= 4 is 5.82 Å². The Kier molecular flexibility index (Phi) is 2.71. The Balaban J connectivity index is 3.40. The van der Waals surface area contributed by atoms with Crippen LogP contribution in [0.25, 0.3) is 0 Å². The topological polar surface area (TPSA) is 79.8 Å². The molecule has 0 aliphatic carbocycles. The van der Waals surface area contributed by atoms with Crippen LogP contribution in [-0.2, 0) is 5.41 Å². The van der Waals surface area contributed by atoms with Crippen molar-refractivity contribution in [3.8, 4) is 6.07 Å². The Hall–Kier alpha value is -1.96. The van der Waals surface area contributed by atoms with Crippen molar-refractivity contribution < 1.29 is 4.92 Å². The van der Waals surface area contributed by atoms with Gasteiger partial charge >= 0.3 is 5.82 Å². The molecule has 1 aromatic rings. The zero-order valence-electron chi connectivity index (χ0n) is 8.81. The molecule has 0 amide bonds. The van der Waals surface area contributed by atoms with E-state index in [1.165, 1.54) is 12.1 Å². The Bertz CT molecular complexity index is 441. The molecule has 1 rings (SSSR count). The molecule has 0 unspecified atom stereocenters. The van der Waals surface area contributed by atoms with Gasteiger partial charge < -0.3 is 10.1 Å². The molecular formula is C10H11N3O2. The predicted octanol–water partition coefficient (Wildman–Crippen LogP) is 2.16. The molecule has 0 saturated heterocycles. The average molecular weight is 205 g/mol. The molecule has 1 heterocycles. The SMILES string of the molecule is CC(C)(C)c1nc([N+](=O)[O-])ccc1C#N. The van der Waals surface area contributed by atoms with E-state index in [4.69, 9.17) is 5.26 Å². The van der Waals surface area contributed by atoms with E-state index in [1.807, 2.05) is 26.8 Å². The van der Waals surface area contributed by atoms with Gasteiger partial charge in [0.15, 0.2) is 5.69 Å². The van der Waals surface area contributed by atoms with E-state index in [2.05, 4.69) is 4.98 Å². The van der Waals surface area contributed by atoms with Crippen LogP contribution in [-0.4, -0.2) is 9.91 Å². The summed E-state index contributed by atoms with van der Waals surface area (Å²) in [6.07, 6.45) is 0. The van der Waals surface area contributed by atoms with Gasteiger partial charge in [-0.25, -0.2) is 0 Å². The van der Waals surface area contributed by atoms with Crippen molar-refractivity contribution in [1.29, 1.82) is 5.26 Å². The first-order valence-corrected chi connectivity index (χ1v) is 4.42. The summed E-state index contributed by atoms with van der Waals surface area (Å²) in [4.78, 5) is 13.9. The number of aromatic nitrogens is 1. The van der Waals surface area contributed by atoms with Gasteiger partial charge in [-0.3, -0.25) is 0 Å². The van der Waals surface area contributed by atoms with Gasteiger partial charge in [-0.2, -0.15) is 5.26 Å². The molecule has 0 saturated carbocycles. The molecule has 0 fully saturated rings. The van der Waals surface area contributed by atoms with Gasteiger partial charge in [-0.1, -0.05) is 20.8 Å². The summed E-state index contributed by atoms with van der Waals surface area (Å²) in [5.74, 6) is -0.223. The first kappa shape index (κ1) is 11.1. The molecule has 0 aliphatic rings. The molecule has 5 nitrogen and oxygen atoms in total. The van der Waals surface area contributed by atoms with Crippen molar-refractivity contribution in [3.05, 3.63) is 33.5 Å².